The molecule has 5 nitrogen and oxygen atoms in total. The molecule has 0 aliphatic carbocycles. The Morgan fingerprint density at radius 2 is 1.64 bits per heavy atom. The van der Waals surface area contributed by atoms with Crippen molar-refractivity contribution < 1.29 is 17.9 Å². The van der Waals surface area contributed by atoms with Crippen molar-refractivity contribution in [2.45, 2.75) is 45.6 Å². The summed E-state index contributed by atoms with van der Waals surface area (Å²) in [5.74, 6) is -0.656. The van der Waals surface area contributed by atoms with Gasteiger partial charge in [-0.05, 0) is 63.9 Å². The number of sulfonamides is 1. The maximum atomic E-state index is 13.5. The van der Waals surface area contributed by atoms with Crippen LogP contribution in [0.1, 0.15) is 30.5 Å². The van der Waals surface area contributed by atoms with Gasteiger partial charge in [-0.1, -0.05) is 40.9 Å². The molecule has 0 unspecified atom stereocenters. The molecule has 0 saturated heterocycles. The molecule has 2 rings (SSSR count). The molecule has 152 valence electrons. The number of carbonyl (C=O) groups is 1. The minimum Gasteiger partial charge on any atom is -0.462 e. The summed E-state index contributed by atoms with van der Waals surface area (Å²) in [6.07, 6.45) is -0.368. The summed E-state index contributed by atoms with van der Waals surface area (Å²) >= 11 is 12.2. The number of benzene rings is 2. The Labute approximate surface area is 176 Å². The van der Waals surface area contributed by atoms with E-state index in [4.69, 9.17) is 27.9 Å². The Kier molecular flexibility index (Phi) is 7.02. The number of carbonyl (C=O) groups excluding carboxylic acids is 1. The number of esters is 1. The normalized spacial score (nSPS) is 11.6. The Balaban J connectivity index is 2.68. The molecule has 28 heavy (non-hydrogen) atoms. The van der Waals surface area contributed by atoms with Crippen molar-refractivity contribution >= 4 is 44.9 Å². The molecule has 0 fully saturated rings. The number of halogens is 2. The monoisotopic (exact) mass is 443 g/mol. The van der Waals surface area contributed by atoms with Gasteiger partial charge in [0.2, 0.25) is 0 Å². The number of ether oxygens (including phenoxy) is 1. The molecule has 0 N–H and O–H groups in total. The first-order valence-corrected chi connectivity index (χ1v) is 10.9. The molecule has 0 heterocycles. The Hall–Kier alpha value is -1.76. The SMILES string of the molecule is Cc1cc(C)c(N(CC(=O)OC(C)C)S(=O)(=O)c2cc(Cl)ccc2Cl)c(C)c1. The van der Waals surface area contributed by atoms with E-state index in [-0.39, 0.29) is 21.0 Å². The summed E-state index contributed by atoms with van der Waals surface area (Å²) in [6.45, 7) is 8.44. The van der Waals surface area contributed by atoms with Gasteiger partial charge in [0.05, 0.1) is 16.8 Å². The van der Waals surface area contributed by atoms with Crippen LogP contribution in [0, 0.1) is 20.8 Å². The Morgan fingerprint density at radius 3 is 2.18 bits per heavy atom. The van der Waals surface area contributed by atoms with E-state index in [0.29, 0.717) is 5.69 Å². The molecule has 0 amide bonds. The van der Waals surface area contributed by atoms with E-state index in [0.717, 1.165) is 21.0 Å². The predicted molar refractivity (Wildman–Crippen MR) is 113 cm³/mol. The molecule has 2 aromatic carbocycles. The minimum absolute atomic E-state index is 0.0223. The molecule has 8 heteroatoms. The third-order valence-corrected chi connectivity index (χ3v) is 6.45. The fraction of sp³-hybridized carbons (Fsp3) is 0.350. The third kappa shape index (κ3) is 4.99. The molecule has 0 aromatic heterocycles. The van der Waals surface area contributed by atoms with Crippen LogP contribution >= 0.6 is 23.2 Å². The Morgan fingerprint density at radius 1 is 1.07 bits per heavy atom. The van der Waals surface area contributed by atoms with Crippen molar-refractivity contribution in [2.75, 3.05) is 10.8 Å². The first kappa shape index (κ1) is 22.5. The number of hydrogen-bond acceptors (Lipinski definition) is 4. The average Bonchev–Trinajstić information content (AvgIpc) is 2.54. The number of anilines is 1. The summed E-state index contributed by atoms with van der Waals surface area (Å²) in [5.41, 5.74) is 2.84. The molecule has 0 radical (unpaired) electrons. The van der Waals surface area contributed by atoms with Gasteiger partial charge in [-0.25, -0.2) is 8.42 Å². The quantitative estimate of drug-likeness (QED) is 0.584. The van der Waals surface area contributed by atoms with E-state index >= 15 is 0 Å². The highest BCUT2D eigenvalue weighted by atomic mass is 35.5. The lowest BCUT2D eigenvalue weighted by atomic mass is 10.1. The lowest BCUT2D eigenvalue weighted by Gasteiger charge is -2.28. The first-order chi connectivity index (χ1) is 12.9. The van der Waals surface area contributed by atoms with Crippen molar-refractivity contribution in [1.82, 2.24) is 0 Å². The summed E-state index contributed by atoms with van der Waals surface area (Å²) in [5, 5.41) is 0.249. The lowest BCUT2D eigenvalue weighted by molar-refractivity contribution is -0.145. The molecule has 0 aliphatic heterocycles. The van der Waals surface area contributed by atoms with E-state index in [9.17, 15) is 13.2 Å². The van der Waals surface area contributed by atoms with E-state index in [1.165, 1.54) is 18.2 Å². The number of aryl methyl sites for hydroxylation is 3. The molecule has 0 aliphatic rings. The molecule has 2 aromatic rings. The highest BCUT2D eigenvalue weighted by Gasteiger charge is 2.32. The largest absolute Gasteiger partial charge is 0.462 e. The maximum absolute atomic E-state index is 13.5. The molecular formula is C20H23Cl2NO4S. The van der Waals surface area contributed by atoms with Crippen molar-refractivity contribution in [3.8, 4) is 0 Å². The number of nitrogens with zero attached hydrogens (tertiary/aromatic N) is 1. The zero-order valence-electron chi connectivity index (χ0n) is 16.4. The van der Waals surface area contributed by atoms with Crippen molar-refractivity contribution in [3.63, 3.8) is 0 Å². The second-order valence-electron chi connectivity index (χ2n) is 6.87. The fourth-order valence-electron chi connectivity index (χ4n) is 3.06. The van der Waals surface area contributed by atoms with Gasteiger partial charge in [0.25, 0.3) is 10.0 Å². The van der Waals surface area contributed by atoms with Crippen LogP contribution in [0.15, 0.2) is 35.2 Å². The molecule has 0 bridgehead atoms. The van der Waals surface area contributed by atoms with Crippen LogP contribution in [0.25, 0.3) is 0 Å². The zero-order valence-corrected chi connectivity index (χ0v) is 18.7. The second kappa shape index (κ2) is 8.72. The maximum Gasteiger partial charge on any atom is 0.327 e. The predicted octanol–water partition coefficient (Wildman–Crippen LogP) is 5.07. The second-order valence-corrected chi connectivity index (χ2v) is 9.55. The van der Waals surface area contributed by atoms with Gasteiger partial charge >= 0.3 is 5.97 Å². The summed E-state index contributed by atoms with van der Waals surface area (Å²) in [6, 6.07) is 7.91. The van der Waals surface area contributed by atoms with Crippen LogP contribution in [0.4, 0.5) is 5.69 Å². The van der Waals surface area contributed by atoms with Gasteiger partial charge in [0, 0.05) is 5.02 Å². The van der Waals surface area contributed by atoms with Crippen LogP contribution in [0.5, 0.6) is 0 Å². The van der Waals surface area contributed by atoms with Crippen molar-refractivity contribution in [1.29, 1.82) is 0 Å². The summed E-state index contributed by atoms with van der Waals surface area (Å²) in [4.78, 5) is 12.2. The topological polar surface area (TPSA) is 63.7 Å². The van der Waals surface area contributed by atoms with E-state index < -0.39 is 22.5 Å². The molecular weight excluding hydrogens is 421 g/mol. The fourth-order valence-corrected chi connectivity index (χ4v) is 5.34. The van der Waals surface area contributed by atoms with Gasteiger partial charge in [-0.2, -0.15) is 0 Å². The van der Waals surface area contributed by atoms with Crippen LogP contribution in [-0.4, -0.2) is 27.0 Å². The van der Waals surface area contributed by atoms with Crippen LogP contribution < -0.4 is 4.31 Å². The molecule has 0 saturated carbocycles. The Bertz CT molecular complexity index is 980. The number of rotatable bonds is 6. The van der Waals surface area contributed by atoms with Crippen molar-refractivity contribution in [2.24, 2.45) is 0 Å². The lowest BCUT2D eigenvalue weighted by Crippen LogP contribution is -2.38. The van der Waals surface area contributed by atoms with Crippen LogP contribution in [0.3, 0.4) is 0 Å². The number of hydrogen-bond donors (Lipinski definition) is 0. The van der Waals surface area contributed by atoms with E-state index in [1.54, 1.807) is 27.7 Å². The first-order valence-electron chi connectivity index (χ1n) is 8.68. The van der Waals surface area contributed by atoms with Crippen molar-refractivity contribution in [3.05, 3.63) is 57.1 Å². The summed E-state index contributed by atoms with van der Waals surface area (Å²) in [7, 11) is -4.18. The van der Waals surface area contributed by atoms with Crippen LogP contribution in [0.2, 0.25) is 10.0 Å². The van der Waals surface area contributed by atoms with Gasteiger partial charge < -0.3 is 4.74 Å². The highest BCUT2D eigenvalue weighted by Crippen LogP contribution is 2.34. The highest BCUT2D eigenvalue weighted by molar-refractivity contribution is 7.93. The summed E-state index contributed by atoms with van der Waals surface area (Å²) < 4.78 is 33.2. The van der Waals surface area contributed by atoms with Gasteiger partial charge in [0.15, 0.2) is 0 Å². The smallest absolute Gasteiger partial charge is 0.327 e. The van der Waals surface area contributed by atoms with Crippen LogP contribution in [-0.2, 0) is 19.6 Å². The minimum atomic E-state index is -4.18. The van der Waals surface area contributed by atoms with E-state index in [2.05, 4.69) is 0 Å². The van der Waals surface area contributed by atoms with Gasteiger partial charge in [-0.3, -0.25) is 9.10 Å². The zero-order chi connectivity index (χ0) is 21.2. The van der Waals surface area contributed by atoms with Gasteiger partial charge in [-0.15, -0.1) is 0 Å². The van der Waals surface area contributed by atoms with Gasteiger partial charge in [0.1, 0.15) is 11.4 Å². The van der Waals surface area contributed by atoms with E-state index in [1.807, 2.05) is 19.1 Å². The standard InChI is InChI=1S/C20H23Cl2NO4S/c1-12(2)27-19(24)11-23(20-14(4)8-13(3)9-15(20)5)28(25,26)18-10-16(21)6-7-17(18)22/h6-10,12H,11H2,1-5H3. The molecule has 0 atom stereocenters. The average molecular weight is 444 g/mol. The third-order valence-electron chi connectivity index (χ3n) is 3.99. The molecule has 0 spiro atoms.